The molecular formula is C19H26N6O3. The summed E-state index contributed by atoms with van der Waals surface area (Å²) < 4.78 is 5.22. The first-order valence-corrected chi connectivity index (χ1v) is 9.49. The van der Waals surface area contributed by atoms with Gasteiger partial charge in [-0.15, -0.1) is 0 Å². The lowest BCUT2D eigenvalue weighted by Gasteiger charge is -2.25. The second-order valence-electron chi connectivity index (χ2n) is 6.98. The highest BCUT2D eigenvalue weighted by Gasteiger charge is 2.31. The van der Waals surface area contributed by atoms with Crippen molar-refractivity contribution in [3.8, 4) is 11.4 Å². The number of amides is 2. The van der Waals surface area contributed by atoms with Gasteiger partial charge in [-0.1, -0.05) is 5.16 Å². The van der Waals surface area contributed by atoms with Crippen LogP contribution in [0.4, 0.5) is 0 Å². The fraction of sp³-hybridized carbons (Fsp3) is 0.526. The molecule has 0 aliphatic carbocycles. The lowest BCUT2D eigenvalue weighted by atomic mass is 10.1. The summed E-state index contributed by atoms with van der Waals surface area (Å²) in [6, 6.07) is 4.08. The molecular weight excluding hydrogens is 360 g/mol. The van der Waals surface area contributed by atoms with E-state index in [1.807, 2.05) is 7.05 Å². The molecule has 1 saturated heterocycles. The number of nitrogens with zero attached hydrogens (tertiary/aromatic N) is 4. The van der Waals surface area contributed by atoms with E-state index in [0.29, 0.717) is 31.1 Å². The Labute approximate surface area is 163 Å². The van der Waals surface area contributed by atoms with Crippen LogP contribution in [0.3, 0.4) is 0 Å². The number of likely N-dealkylation sites (N-methyl/N-ethyl adjacent to an activating group) is 1. The Morgan fingerprint density at radius 3 is 2.71 bits per heavy atom. The number of nitrogens with one attached hydrogen (secondary N) is 2. The molecule has 2 atom stereocenters. The highest BCUT2D eigenvalue weighted by molar-refractivity contribution is 5.76. The molecule has 150 valence electrons. The van der Waals surface area contributed by atoms with Gasteiger partial charge in [0.05, 0.1) is 0 Å². The number of carbonyl (C=O) groups excluding carboxylic acids is 2. The molecule has 1 aliphatic rings. The molecule has 9 heteroatoms. The first-order valence-electron chi connectivity index (χ1n) is 9.49. The Morgan fingerprint density at radius 2 is 1.96 bits per heavy atom. The van der Waals surface area contributed by atoms with Gasteiger partial charge in [-0.2, -0.15) is 4.98 Å². The summed E-state index contributed by atoms with van der Waals surface area (Å²) in [5.74, 6) is 0.928. The third-order valence-corrected chi connectivity index (χ3v) is 5.19. The summed E-state index contributed by atoms with van der Waals surface area (Å²) in [6.07, 6.45) is 6.44. The lowest BCUT2D eigenvalue weighted by Crippen LogP contribution is -2.42. The molecule has 0 saturated carbocycles. The van der Waals surface area contributed by atoms with E-state index in [1.54, 1.807) is 31.6 Å². The predicted octanol–water partition coefficient (Wildman–Crippen LogP) is 0.779. The van der Waals surface area contributed by atoms with Gasteiger partial charge in [-0.25, -0.2) is 0 Å². The second-order valence-corrected chi connectivity index (χ2v) is 6.98. The molecule has 2 amide bonds. The van der Waals surface area contributed by atoms with E-state index < -0.39 is 0 Å². The molecule has 0 aromatic carbocycles. The van der Waals surface area contributed by atoms with Gasteiger partial charge >= 0.3 is 0 Å². The van der Waals surface area contributed by atoms with Crippen molar-refractivity contribution in [2.24, 2.45) is 0 Å². The normalized spacial score (nSPS) is 19.5. The van der Waals surface area contributed by atoms with Crippen LogP contribution >= 0.6 is 0 Å². The third-order valence-electron chi connectivity index (χ3n) is 5.19. The molecule has 28 heavy (non-hydrogen) atoms. The number of aryl methyl sites for hydroxylation is 1. The maximum Gasteiger partial charge on any atom is 0.227 e. The van der Waals surface area contributed by atoms with E-state index >= 15 is 0 Å². The monoisotopic (exact) mass is 386 g/mol. The molecule has 2 aromatic heterocycles. The van der Waals surface area contributed by atoms with Crippen molar-refractivity contribution in [1.29, 1.82) is 0 Å². The van der Waals surface area contributed by atoms with Crippen LogP contribution in [0.2, 0.25) is 0 Å². The number of likely N-dealkylation sites (tertiary alicyclic amines) is 1. The Bertz CT molecular complexity index is 794. The summed E-state index contributed by atoms with van der Waals surface area (Å²) in [5.41, 5.74) is 0.824. The van der Waals surface area contributed by atoms with Crippen LogP contribution < -0.4 is 10.6 Å². The molecule has 2 N–H and O–H groups in total. The SMILES string of the molecule is CNC(=O)C[C@H]1CC[C@@H](CNC(=O)CCc2nc(-c3ccncc3)no2)N1C. The van der Waals surface area contributed by atoms with Crippen molar-refractivity contribution in [2.45, 2.75) is 44.2 Å². The Balaban J connectivity index is 1.41. The molecule has 2 aromatic rings. The van der Waals surface area contributed by atoms with Gasteiger partial charge in [-0.05, 0) is 32.0 Å². The molecule has 0 spiro atoms. The van der Waals surface area contributed by atoms with Gasteiger partial charge in [-0.3, -0.25) is 19.5 Å². The van der Waals surface area contributed by atoms with Crippen LogP contribution in [-0.2, 0) is 16.0 Å². The molecule has 9 nitrogen and oxygen atoms in total. The zero-order valence-corrected chi connectivity index (χ0v) is 16.2. The Morgan fingerprint density at radius 1 is 1.21 bits per heavy atom. The van der Waals surface area contributed by atoms with Gasteiger partial charge < -0.3 is 15.2 Å². The van der Waals surface area contributed by atoms with Crippen LogP contribution in [-0.4, -0.2) is 64.6 Å². The van der Waals surface area contributed by atoms with Crippen molar-refractivity contribution in [1.82, 2.24) is 30.7 Å². The highest BCUT2D eigenvalue weighted by atomic mass is 16.5. The zero-order chi connectivity index (χ0) is 19.9. The molecule has 1 fully saturated rings. The molecule has 0 bridgehead atoms. The van der Waals surface area contributed by atoms with Crippen molar-refractivity contribution in [3.63, 3.8) is 0 Å². The van der Waals surface area contributed by atoms with E-state index in [0.717, 1.165) is 18.4 Å². The first-order chi connectivity index (χ1) is 13.6. The largest absolute Gasteiger partial charge is 0.359 e. The van der Waals surface area contributed by atoms with Crippen LogP contribution in [0.15, 0.2) is 29.0 Å². The summed E-state index contributed by atoms with van der Waals surface area (Å²) in [5, 5.41) is 9.57. The maximum atomic E-state index is 12.2. The van der Waals surface area contributed by atoms with Gasteiger partial charge in [0.1, 0.15) is 0 Å². The summed E-state index contributed by atoms with van der Waals surface area (Å²) >= 11 is 0. The van der Waals surface area contributed by atoms with Gasteiger partial charge in [0, 0.05) is 62.9 Å². The predicted molar refractivity (Wildman–Crippen MR) is 102 cm³/mol. The summed E-state index contributed by atoms with van der Waals surface area (Å²) in [7, 11) is 3.66. The first kappa shape index (κ1) is 19.9. The number of hydrogen-bond donors (Lipinski definition) is 2. The minimum atomic E-state index is -0.0492. The highest BCUT2D eigenvalue weighted by Crippen LogP contribution is 2.24. The quantitative estimate of drug-likeness (QED) is 0.689. The van der Waals surface area contributed by atoms with Gasteiger partial charge in [0.2, 0.25) is 23.5 Å². The van der Waals surface area contributed by atoms with Crippen molar-refractivity contribution in [3.05, 3.63) is 30.4 Å². The van der Waals surface area contributed by atoms with E-state index in [4.69, 9.17) is 4.52 Å². The molecule has 0 radical (unpaired) electrons. The maximum absolute atomic E-state index is 12.2. The zero-order valence-electron chi connectivity index (χ0n) is 16.2. The van der Waals surface area contributed by atoms with Crippen molar-refractivity contribution >= 4 is 11.8 Å². The topological polar surface area (TPSA) is 113 Å². The van der Waals surface area contributed by atoms with Crippen LogP contribution in [0.25, 0.3) is 11.4 Å². The van der Waals surface area contributed by atoms with Crippen molar-refractivity contribution < 1.29 is 14.1 Å². The van der Waals surface area contributed by atoms with E-state index in [2.05, 4.69) is 30.7 Å². The van der Waals surface area contributed by atoms with Crippen LogP contribution in [0.1, 0.15) is 31.6 Å². The number of carbonyl (C=O) groups is 2. The minimum Gasteiger partial charge on any atom is -0.359 e. The Kier molecular flexibility index (Phi) is 6.70. The standard InChI is InChI=1S/C19H26N6O3/c1-20-17(27)11-14-3-4-15(25(14)2)12-22-16(26)5-6-18-23-19(24-28-18)13-7-9-21-10-8-13/h7-10,14-15H,3-6,11-12H2,1-2H3,(H,20,27)(H,22,26)/t14-,15+/m1/s1. The van der Waals surface area contributed by atoms with E-state index in [-0.39, 0.29) is 30.3 Å². The van der Waals surface area contributed by atoms with Crippen LogP contribution in [0, 0.1) is 0 Å². The number of aromatic nitrogens is 3. The van der Waals surface area contributed by atoms with E-state index in [1.165, 1.54) is 0 Å². The number of hydrogen-bond acceptors (Lipinski definition) is 7. The summed E-state index contributed by atoms with van der Waals surface area (Å²) in [6.45, 7) is 0.575. The molecule has 0 unspecified atom stereocenters. The fourth-order valence-electron chi connectivity index (χ4n) is 3.41. The van der Waals surface area contributed by atoms with Crippen molar-refractivity contribution in [2.75, 3.05) is 20.6 Å². The number of rotatable bonds is 8. The number of pyridine rings is 1. The Hall–Kier alpha value is -2.81. The minimum absolute atomic E-state index is 0.0484. The third kappa shape index (κ3) is 5.13. The second kappa shape index (κ2) is 9.41. The average molecular weight is 386 g/mol. The van der Waals surface area contributed by atoms with Gasteiger partial charge in [0.15, 0.2) is 0 Å². The molecule has 3 rings (SSSR count). The molecule has 1 aliphatic heterocycles. The smallest absolute Gasteiger partial charge is 0.227 e. The van der Waals surface area contributed by atoms with E-state index in [9.17, 15) is 9.59 Å². The average Bonchev–Trinajstić information content (AvgIpc) is 3.33. The van der Waals surface area contributed by atoms with Gasteiger partial charge in [0.25, 0.3) is 0 Å². The van der Waals surface area contributed by atoms with Crippen LogP contribution in [0.5, 0.6) is 0 Å². The molecule has 3 heterocycles. The lowest BCUT2D eigenvalue weighted by molar-refractivity contribution is -0.122. The fourth-order valence-corrected chi connectivity index (χ4v) is 3.41. The summed E-state index contributed by atoms with van der Waals surface area (Å²) in [4.78, 5) is 34.2.